The first kappa shape index (κ1) is 11.5. The van der Waals surface area contributed by atoms with E-state index in [1.54, 1.807) is 6.08 Å². The van der Waals surface area contributed by atoms with Crippen molar-refractivity contribution in [1.82, 2.24) is 0 Å². The Kier molecular flexibility index (Phi) is 5.43. The molecule has 0 aromatic rings. The molecule has 4 heteroatoms. The molecule has 0 aliphatic rings. The molecule has 11 heavy (non-hydrogen) atoms. The molecule has 0 rings (SSSR count). The smallest absolute Gasteiger partial charge is 0.248 e. The molecular formula is C7H14Cl2OSi. The number of halogens is 2. The second-order valence-electron chi connectivity index (χ2n) is 2.79. The van der Waals surface area contributed by atoms with Crippen LogP contribution in [0.3, 0.4) is 0 Å². The molecule has 0 spiro atoms. The van der Waals surface area contributed by atoms with Crippen LogP contribution in [0.1, 0.15) is 12.8 Å². The summed E-state index contributed by atoms with van der Waals surface area (Å²) >= 11 is 11.7. The lowest BCUT2D eigenvalue weighted by Crippen LogP contribution is -2.16. The Morgan fingerprint density at radius 1 is 1.64 bits per heavy atom. The van der Waals surface area contributed by atoms with Gasteiger partial charge in [-0.05, 0) is 25.4 Å². The second kappa shape index (κ2) is 5.20. The van der Waals surface area contributed by atoms with Gasteiger partial charge in [0, 0.05) is 0 Å². The Morgan fingerprint density at radius 3 is 2.55 bits per heavy atom. The fourth-order valence-corrected chi connectivity index (χ4v) is 2.23. The Morgan fingerprint density at radius 2 is 2.18 bits per heavy atom. The SMILES string of the molecule is C=CCC(O)CC[Si](C)(Cl)Cl. The van der Waals surface area contributed by atoms with Crippen LogP contribution in [0.5, 0.6) is 0 Å². The summed E-state index contributed by atoms with van der Waals surface area (Å²) in [7, 11) is 0. The lowest BCUT2D eigenvalue weighted by molar-refractivity contribution is 0.173. The molecule has 0 heterocycles. The minimum Gasteiger partial charge on any atom is -0.393 e. The van der Waals surface area contributed by atoms with Gasteiger partial charge in [-0.1, -0.05) is 6.08 Å². The van der Waals surface area contributed by atoms with Crippen molar-refractivity contribution in [2.24, 2.45) is 0 Å². The maximum absolute atomic E-state index is 9.25. The van der Waals surface area contributed by atoms with Crippen molar-refractivity contribution in [3.63, 3.8) is 0 Å². The van der Waals surface area contributed by atoms with E-state index >= 15 is 0 Å². The van der Waals surface area contributed by atoms with Gasteiger partial charge in [0.25, 0.3) is 0 Å². The van der Waals surface area contributed by atoms with Gasteiger partial charge >= 0.3 is 0 Å². The van der Waals surface area contributed by atoms with Crippen LogP contribution in [0, 0.1) is 0 Å². The zero-order valence-electron chi connectivity index (χ0n) is 6.69. The summed E-state index contributed by atoms with van der Waals surface area (Å²) < 4.78 is 0. The van der Waals surface area contributed by atoms with E-state index < -0.39 is 6.69 Å². The van der Waals surface area contributed by atoms with E-state index in [0.29, 0.717) is 12.8 Å². The number of aliphatic hydroxyl groups is 1. The van der Waals surface area contributed by atoms with Crippen LogP contribution in [-0.2, 0) is 0 Å². The van der Waals surface area contributed by atoms with Crippen molar-refractivity contribution in [3.05, 3.63) is 12.7 Å². The minimum absolute atomic E-state index is 0.322. The highest BCUT2D eigenvalue weighted by molar-refractivity contribution is 7.44. The summed E-state index contributed by atoms with van der Waals surface area (Å²) in [5.74, 6) is 0. The summed E-state index contributed by atoms with van der Waals surface area (Å²) in [6, 6.07) is 0.741. The van der Waals surface area contributed by atoms with Crippen LogP contribution in [0.15, 0.2) is 12.7 Å². The van der Waals surface area contributed by atoms with E-state index in [9.17, 15) is 5.11 Å². The summed E-state index contributed by atoms with van der Waals surface area (Å²) in [6.07, 6.45) is 2.68. The molecule has 1 nitrogen and oxygen atoms in total. The lowest BCUT2D eigenvalue weighted by Gasteiger charge is -2.12. The van der Waals surface area contributed by atoms with Crippen LogP contribution in [0.4, 0.5) is 0 Å². The van der Waals surface area contributed by atoms with Crippen LogP contribution in [0.25, 0.3) is 0 Å². The Hall–Kier alpha value is 0.497. The standard InChI is InChI=1S/C7H14Cl2OSi/c1-3-4-7(10)5-6-11(2,8)9/h3,7,10H,1,4-6H2,2H3. The first-order chi connectivity index (χ1) is 4.95. The molecule has 0 aliphatic heterocycles. The Labute approximate surface area is 78.4 Å². The first-order valence-corrected chi connectivity index (χ1v) is 8.35. The molecule has 66 valence electrons. The van der Waals surface area contributed by atoms with Crippen LogP contribution in [-0.4, -0.2) is 17.9 Å². The van der Waals surface area contributed by atoms with E-state index in [1.807, 2.05) is 6.55 Å². The van der Waals surface area contributed by atoms with E-state index in [2.05, 4.69) is 6.58 Å². The summed E-state index contributed by atoms with van der Waals surface area (Å²) in [5.41, 5.74) is 0. The molecular weight excluding hydrogens is 199 g/mol. The molecule has 0 saturated carbocycles. The molecule has 0 saturated heterocycles. The zero-order valence-corrected chi connectivity index (χ0v) is 9.20. The van der Waals surface area contributed by atoms with Gasteiger partial charge in [-0.2, -0.15) is 0 Å². The molecule has 0 radical (unpaired) electrons. The number of hydrogen-bond acceptors (Lipinski definition) is 1. The van der Waals surface area contributed by atoms with Crippen molar-refractivity contribution in [1.29, 1.82) is 0 Å². The molecule has 1 unspecified atom stereocenters. The third-order valence-corrected chi connectivity index (χ3v) is 3.66. The van der Waals surface area contributed by atoms with Gasteiger partial charge in [0.2, 0.25) is 6.69 Å². The predicted octanol–water partition coefficient (Wildman–Crippen LogP) is 2.86. The van der Waals surface area contributed by atoms with E-state index in [-0.39, 0.29) is 6.10 Å². The molecule has 0 aliphatic carbocycles. The van der Waals surface area contributed by atoms with Crippen molar-refractivity contribution < 1.29 is 5.11 Å². The van der Waals surface area contributed by atoms with Gasteiger partial charge in [-0.25, -0.2) is 0 Å². The van der Waals surface area contributed by atoms with Gasteiger partial charge in [-0.15, -0.1) is 28.7 Å². The normalized spacial score (nSPS) is 14.5. The Bertz CT molecular complexity index is 122. The number of hydrogen-bond donors (Lipinski definition) is 1. The number of aliphatic hydroxyl groups excluding tert-OH is 1. The third kappa shape index (κ3) is 8.40. The molecule has 0 bridgehead atoms. The fraction of sp³-hybridized carbons (Fsp3) is 0.714. The average Bonchev–Trinajstić information content (AvgIpc) is 1.83. The van der Waals surface area contributed by atoms with Gasteiger partial charge in [0.1, 0.15) is 0 Å². The molecule has 1 atom stereocenters. The van der Waals surface area contributed by atoms with E-state index in [0.717, 1.165) is 6.04 Å². The first-order valence-electron chi connectivity index (χ1n) is 3.62. The minimum atomic E-state index is -2.00. The van der Waals surface area contributed by atoms with Crippen LogP contribution >= 0.6 is 22.2 Å². The lowest BCUT2D eigenvalue weighted by atomic mass is 10.2. The van der Waals surface area contributed by atoms with Crippen molar-refractivity contribution in [2.45, 2.75) is 31.5 Å². The predicted molar refractivity (Wildman–Crippen MR) is 53.6 cm³/mol. The monoisotopic (exact) mass is 212 g/mol. The van der Waals surface area contributed by atoms with E-state index in [4.69, 9.17) is 22.2 Å². The highest BCUT2D eigenvalue weighted by Crippen LogP contribution is 2.22. The molecule has 0 amide bonds. The van der Waals surface area contributed by atoms with Gasteiger partial charge in [0.15, 0.2) is 0 Å². The molecule has 0 aromatic carbocycles. The largest absolute Gasteiger partial charge is 0.393 e. The van der Waals surface area contributed by atoms with Gasteiger partial charge in [-0.3, -0.25) is 0 Å². The van der Waals surface area contributed by atoms with Crippen molar-refractivity contribution >= 4 is 28.9 Å². The zero-order chi connectivity index (χ0) is 8.91. The summed E-state index contributed by atoms with van der Waals surface area (Å²) in [5, 5.41) is 9.25. The summed E-state index contributed by atoms with van der Waals surface area (Å²) in [4.78, 5) is 0. The Balaban J connectivity index is 3.45. The third-order valence-electron chi connectivity index (χ3n) is 1.36. The maximum atomic E-state index is 9.25. The van der Waals surface area contributed by atoms with Crippen molar-refractivity contribution in [3.8, 4) is 0 Å². The quantitative estimate of drug-likeness (QED) is 0.423. The van der Waals surface area contributed by atoms with Crippen LogP contribution < -0.4 is 0 Å². The highest BCUT2D eigenvalue weighted by atomic mass is 35.7. The average molecular weight is 213 g/mol. The van der Waals surface area contributed by atoms with Gasteiger partial charge in [0.05, 0.1) is 6.10 Å². The summed E-state index contributed by atoms with van der Waals surface area (Å²) in [6.45, 7) is 3.39. The second-order valence-corrected chi connectivity index (χ2v) is 11.0. The van der Waals surface area contributed by atoms with Crippen LogP contribution in [0.2, 0.25) is 12.6 Å². The van der Waals surface area contributed by atoms with Crippen molar-refractivity contribution in [2.75, 3.05) is 0 Å². The topological polar surface area (TPSA) is 20.2 Å². The van der Waals surface area contributed by atoms with E-state index in [1.165, 1.54) is 0 Å². The maximum Gasteiger partial charge on any atom is 0.248 e. The molecule has 1 N–H and O–H groups in total. The number of rotatable bonds is 5. The molecule has 0 aromatic heterocycles. The molecule has 0 fully saturated rings. The fourth-order valence-electron chi connectivity index (χ4n) is 0.730. The highest BCUT2D eigenvalue weighted by Gasteiger charge is 2.21. The van der Waals surface area contributed by atoms with Gasteiger partial charge < -0.3 is 5.11 Å².